The van der Waals surface area contributed by atoms with E-state index < -0.39 is 0 Å². The Hall–Kier alpha value is -0.430. The van der Waals surface area contributed by atoms with Crippen molar-refractivity contribution < 1.29 is 0 Å². The molecule has 2 rings (SSSR count). The summed E-state index contributed by atoms with van der Waals surface area (Å²) >= 11 is 2.16. The van der Waals surface area contributed by atoms with Crippen molar-refractivity contribution in [2.24, 2.45) is 11.8 Å². The number of hydrogen-bond donors (Lipinski definition) is 0. The first-order chi connectivity index (χ1) is 10.3. The van der Waals surface area contributed by atoms with Crippen LogP contribution in [0, 0.1) is 11.8 Å². The molecule has 0 radical (unpaired) electrons. The minimum absolute atomic E-state index is 0.643. The molecule has 1 heteroatoms. The van der Waals surface area contributed by atoms with Gasteiger partial charge in [0.2, 0.25) is 0 Å². The molecule has 0 heterocycles. The molecule has 1 aliphatic carbocycles. The van der Waals surface area contributed by atoms with Gasteiger partial charge in [0.25, 0.3) is 0 Å². The van der Waals surface area contributed by atoms with Gasteiger partial charge in [-0.15, -0.1) is 0 Å². The maximum absolute atomic E-state index is 2.36. The molecule has 118 valence electrons. The highest BCUT2D eigenvalue weighted by atomic mass is 32.2. The molecule has 0 amide bonds. The van der Waals surface area contributed by atoms with E-state index in [1.807, 2.05) is 0 Å². The number of hydrogen-bond acceptors (Lipinski definition) is 1. The van der Waals surface area contributed by atoms with E-state index in [0.29, 0.717) is 5.25 Å². The van der Waals surface area contributed by atoms with Crippen LogP contribution < -0.4 is 0 Å². The summed E-state index contributed by atoms with van der Waals surface area (Å²) in [7, 11) is 0. The molecule has 0 nitrogen and oxygen atoms in total. The molecule has 0 aromatic heterocycles. The number of rotatable bonds is 6. The third-order valence-corrected chi connectivity index (χ3v) is 6.43. The van der Waals surface area contributed by atoms with Crippen LogP contribution in [0.3, 0.4) is 0 Å². The molecule has 21 heavy (non-hydrogen) atoms. The molecule has 0 N–H and O–H groups in total. The van der Waals surface area contributed by atoms with Crippen LogP contribution >= 0.6 is 11.8 Å². The van der Waals surface area contributed by atoms with Crippen molar-refractivity contribution >= 4 is 11.8 Å². The van der Waals surface area contributed by atoms with Crippen molar-refractivity contribution in [3.63, 3.8) is 0 Å². The first kappa shape index (κ1) is 16.9. The van der Waals surface area contributed by atoms with E-state index in [1.165, 1.54) is 62.7 Å². The normalized spacial score (nSPS) is 25.0. The quantitative estimate of drug-likeness (QED) is 0.552. The summed E-state index contributed by atoms with van der Waals surface area (Å²) in [6.07, 6.45) is 11.7. The van der Waals surface area contributed by atoms with Crippen LogP contribution in [0.2, 0.25) is 0 Å². The van der Waals surface area contributed by atoms with Gasteiger partial charge in [0.1, 0.15) is 0 Å². The highest BCUT2D eigenvalue weighted by molar-refractivity contribution is 7.99. The van der Waals surface area contributed by atoms with E-state index in [4.69, 9.17) is 0 Å². The SMILES string of the molecule is CCCC1CCCC(CSC(C)c2ccccc2)CCC1. The van der Waals surface area contributed by atoms with E-state index in [1.54, 1.807) is 0 Å². The first-order valence-electron chi connectivity index (χ1n) is 8.96. The zero-order valence-electron chi connectivity index (χ0n) is 13.9. The lowest BCUT2D eigenvalue weighted by Gasteiger charge is -2.25. The van der Waals surface area contributed by atoms with Gasteiger partial charge in [0.15, 0.2) is 0 Å². The Labute approximate surface area is 136 Å². The van der Waals surface area contributed by atoms with Gasteiger partial charge in [-0.2, -0.15) is 11.8 Å². The van der Waals surface area contributed by atoms with Crippen LogP contribution in [0.25, 0.3) is 0 Å². The average molecular weight is 305 g/mol. The van der Waals surface area contributed by atoms with Crippen molar-refractivity contribution in [3.8, 4) is 0 Å². The zero-order valence-corrected chi connectivity index (χ0v) is 14.7. The number of thioether (sulfide) groups is 1. The highest BCUT2D eigenvalue weighted by Crippen LogP contribution is 2.34. The molecular weight excluding hydrogens is 272 g/mol. The third kappa shape index (κ3) is 6.06. The second-order valence-corrected chi connectivity index (χ2v) is 8.14. The monoisotopic (exact) mass is 304 g/mol. The fourth-order valence-electron chi connectivity index (χ4n) is 3.64. The fourth-order valence-corrected chi connectivity index (χ4v) is 4.89. The van der Waals surface area contributed by atoms with Crippen molar-refractivity contribution in [2.75, 3.05) is 5.75 Å². The molecule has 1 aliphatic rings. The van der Waals surface area contributed by atoms with E-state index in [2.05, 4.69) is 55.9 Å². The minimum Gasteiger partial charge on any atom is -0.154 e. The molecule has 0 bridgehead atoms. The summed E-state index contributed by atoms with van der Waals surface area (Å²) in [6.45, 7) is 4.70. The molecule has 1 saturated carbocycles. The Morgan fingerprint density at radius 3 is 2.24 bits per heavy atom. The zero-order chi connectivity index (χ0) is 14.9. The van der Waals surface area contributed by atoms with Crippen molar-refractivity contribution in [1.82, 2.24) is 0 Å². The molecule has 1 fully saturated rings. The van der Waals surface area contributed by atoms with E-state index in [9.17, 15) is 0 Å². The Morgan fingerprint density at radius 2 is 1.62 bits per heavy atom. The van der Waals surface area contributed by atoms with E-state index >= 15 is 0 Å². The third-order valence-electron chi connectivity index (χ3n) is 5.00. The predicted octanol–water partition coefficient (Wildman–Crippen LogP) is 6.87. The lowest BCUT2D eigenvalue weighted by molar-refractivity contribution is 0.318. The highest BCUT2D eigenvalue weighted by Gasteiger charge is 2.17. The molecule has 1 atom stereocenters. The summed E-state index contributed by atoms with van der Waals surface area (Å²) in [5, 5.41) is 0.643. The average Bonchev–Trinajstić information content (AvgIpc) is 2.49. The second-order valence-electron chi connectivity index (χ2n) is 6.77. The lowest BCUT2D eigenvalue weighted by atomic mass is 9.84. The van der Waals surface area contributed by atoms with Gasteiger partial charge in [-0.25, -0.2) is 0 Å². The molecule has 1 unspecified atom stereocenters. The van der Waals surface area contributed by atoms with Crippen molar-refractivity contribution in [3.05, 3.63) is 35.9 Å². The lowest BCUT2D eigenvalue weighted by Crippen LogP contribution is -2.11. The van der Waals surface area contributed by atoms with Gasteiger partial charge in [-0.3, -0.25) is 0 Å². The first-order valence-corrected chi connectivity index (χ1v) is 10.0. The van der Waals surface area contributed by atoms with Crippen LogP contribution in [0.5, 0.6) is 0 Å². The van der Waals surface area contributed by atoms with E-state index in [0.717, 1.165) is 11.8 Å². The Morgan fingerprint density at radius 1 is 1.00 bits per heavy atom. The van der Waals surface area contributed by atoms with E-state index in [-0.39, 0.29) is 0 Å². The summed E-state index contributed by atoms with van der Waals surface area (Å²) < 4.78 is 0. The van der Waals surface area contributed by atoms with Gasteiger partial charge in [-0.05, 0) is 42.9 Å². The molecule has 0 spiro atoms. The summed E-state index contributed by atoms with van der Waals surface area (Å²) in [6, 6.07) is 11.0. The Bertz CT molecular complexity index is 363. The van der Waals surface area contributed by atoms with Gasteiger partial charge in [0, 0.05) is 5.25 Å². The van der Waals surface area contributed by atoms with Gasteiger partial charge in [-0.1, -0.05) is 75.8 Å². The summed E-state index contributed by atoms with van der Waals surface area (Å²) in [5.41, 5.74) is 1.48. The summed E-state index contributed by atoms with van der Waals surface area (Å²) in [4.78, 5) is 0. The minimum atomic E-state index is 0.643. The van der Waals surface area contributed by atoms with Gasteiger partial charge in [0.05, 0.1) is 0 Å². The second kappa shape index (κ2) is 9.56. The molecule has 0 aliphatic heterocycles. The molecule has 1 aromatic carbocycles. The molecule has 0 saturated heterocycles. The van der Waals surface area contributed by atoms with Crippen molar-refractivity contribution in [2.45, 2.75) is 70.5 Å². The maximum Gasteiger partial charge on any atom is 0.0269 e. The van der Waals surface area contributed by atoms with Crippen LogP contribution in [-0.4, -0.2) is 5.75 Å². The van der Waals surface area contributed by atoms with Crippen LogP contribution in [-0.2, 0) is 0 Å². The largest absolute Gasteiger partial charge is 0.154 e. The Balaban J connectivity index is 1.71. The Kier molecular flexibility index (Phi) is 7.71. The van der Waals surface area contributed by atoms with Crippen molar-refractivity contribution in [1.29, 1.82) is 0 Å². The standard InChI is InChI=1S/C20H32S/c1-3-9-18-10-7-12-19(13-8-11-18)16-21-17(2)20-14-5-4-6-15-20/h4-6,14-15,17-19H,3,7-13,16H2,1-2H3. The molecule has 1 aromatic rings. The smallest absolute Gasteiger partial charge is 0.0269 e. The van der Waals surface area contributed by atoms with Gasteiger partial charge >= 0.3 is 0 Å². The number of benzene rings is 1. The molecular formula is C20H32S. The van der Waals surface area contributed by atoms with Crippen LogP contribution in [0.1, 0.15) is 76.0 Å². The topological polar surface area (TPSA) is 0 Å². The maximum atomic E-state index is 2.36. The van der Waals surface area contributed by atoms with Crippen LogP contribution in [0.15, 0.2) is 30.3 Å². The summed E-state index contributed by atoms with van der Waals surface area (Å²) in [5.74, 6) is 3.35. The fraction of sp³-hybridized carbons (Fsp3) is 0.700. The predicted molar refractivity (Wildman–Crippen MR) is 96.9 cm³/mol. The van der Waals surface area contributed by atoms with Gasteiger partial charge < -0.3 is 0 Å². The van der Waals surface area contributed by atoms with Crippen LogP contribution in [0.4, 0.5) is 0 Å².